The summed E-state index contributed by atoms with van der Waals surface area (Å²) in [5.41, 5.74) is 3.45. The Morgan fingerprint density at radius 1 is 0.968 bits per heavy atom. The molecule has 31 heavy (non-hydrogen) atoms. The highest BCUT2D eigenvalue weighted by Crippen LogP contribution is 2.18. The molecule has 0 atom stereocenters. The fourth-order valence-corrected chi connectivity index (χ4v) is 3.05. The summed E-state index contributed by atoms with van der Waals surface area (Å²) in [6.45, 7) is 2.65. The second-order valence-electron chi connectivity index (χ2n) is 7.06. The highest BCUT2D eigenvalue weighted by atomic mass is 19.1. The van der Waals surface area contributed by atoms with E-state index in [9.17, 15) is 9.18 Å². The third-order valence-corrected chi connectivity index (χ3v) is 4.80. The highest BCUT2D eigenvalue weighted by Gasteiger charge is 2.17. The molecule has 0 aliphatic rings. The van der Waals surface area contributed by atoms with Gasteiger partial charge in [0, 0.05) is 5.69 Å². The van der Waals surface area contributed by atoms with Gasteiger partial charge < -0.3 is 10.1 Å². The van der Waals surface area contributed by atoms with Crippen LogP contribution in [0.25, 0.3) is 0 Å². The zero-order valence-corrected chi connectivity index (χ0v) is 17.0. The summed E-state index contributed by atoms with van der Waals surface area (Å²) in [6, 6.07) is 23.2. The van der Waals surface area contributed by atoms with Crippen LogP contribution < -0.4 is 10.1 Å². The predicted molar refractivity (Wildman–Crippen MR) is 115 cm³/mol. The lowest BCUT2D eigenvalue weighted by atomic mass is 10.2. The fraction of sp³-hybridized carbons (Fsp3) is 0.125. The number of hydrogen-bond acceptors (Lipinski definition) is 4. The number of aromatic nitrogens is 3. The van der Waals surface area contributed by atoms with Crippen LogP contribution in [0.15, 0.2) is 78.9 Å². The van der Waals surface area contributed by atoms with Crippen molar-refractivity contribution in [2.24, 2.45) is 0 Å². The first-order valence-electron chi connectivity index (χ1n) is 9.81. The predicted octanol–water partition coefficient (Wildman–Crippen LogP) is 4.61. The molecule has 0 saturated heterocycles. The molecule has 3 aromatic carbocycles. The zero-order valence-electron chi connectivity index (χ0n) is 17.0. The van der Waals surface area contributed by atoms with Crippen molar-refractivity contribution in [1.82, 2.24) is 15.0 Å². The molecule has 0 fully saturated rings. The molecule has 0 unspecified atom stereocenters. The van der Waals surface area contributed by atoms with Crippen molar-refractivity contribution >= 4 is 11.6 Å². The number of halogens is 1. The smallest absolute Gasteiger partial charge is 0.278 e. The van der Waals surface area contributed by atoms with E-state index in [0.717, 1.165) is 11.1 Å². The molecule has 0 aliphatic carbocycles. The van der Waals surface area contributed by atoms with Crippen LogP contribution in [0.5, 0.6) is 5.75 Å². The van der Waals surface area contributed by atoms with Crippen molar-refractivity contribution < 1.29 is 13.9 Å². The van der Waals surface area contributed by atoms with Gasteiger partial charge in [-0.1, -0.05) is 47.7 Å². The number of ether oxygens (including phenoxy) is 1. The largest absolute Gasteiger partial charge is 0.489 e. The average molecular weight is 416 g/mol. The van der Waals surface area contributed by atoms with Gasteiger partial charge in [0.1, 0.15) is 18.2 Å². The zero-order chi connectivity index (χ0) is 21.6. The van der Waals surface area contributed by atoms with Crippen molar-refractivity contribution in [3.8, 4) is 5.75 Å². The number of carbonyl (C=O) groups is 1. The van der Waals surface area contributed by atoms with Gasteiger partial charge in [0.2, 0.25) is 0 Å². The minimum Gasteiger partial charge on any atom is -0.489 e. The molecule has 1 aromatic heterocycles. The van der Waals surface area contributed by atoms with Gasteiger partial charge in [0.25, 0.3) is 5.91 Å². The number of rotatable bonds is 7. The van der Waals surface area contributed by atoms with E-state index in [4.69, 9.17) is 4.74 Å². The highest BCUT2D eigenvalue weighted by molar-refractivity contribution is 6.03. The Labute approximate surface area is 179 Å². The van der Waals surface area contributed by atoms with Crippen LogP contribution in [-0.2, 0) is 13.2 Å². The Morgan fingerprint density at radius 3 is 2.39 bits per heavy atom. The van der Waals surface area contributed by atoms with Crippen molar-refractivity contribution in [3.63, 3.8) is 0 Å². The summed E-state index contributed by atoms with van der Waals surface area (Å²) in [5, 5.41) is 10.9. The standard InChI is InChI=1S/C24H21FN4O2/c1-17-23(27-28-29(17)15-18-7-9-20(25)10-8-18)24(30)26-21-11-13-22(14-12-21)31-16-19-5-3-2-4-6-19/h2-14H,15-16H2,1H3,(H,26,30). The van der Waals surface area contributed by atoms with Gasteiger partial charge in [0.05, 0.1) is 12.2 Å². The Bertz CT molecular complexity index is 1160. The van der Waals surface area contributed by atoms with E-state index in [1.807, 2.05) is 30.3 Å². The first-order valence-corrected chi connectivity index (χ1v) is 9.81. The van der Waals surface area contributed by atoms with E-state index in [0.29, 0.717) is 30.3 Å². The number of amides is 1. The Balaban J connectivity index is 1.37. The average Bonchev–Trinajstić information content (AvgIpc) is 3.16. The lowest BCUT2D eigenvalue weighted by molar-refractivity contribution is 0.102. The van der Waals surface area contributed by atoms with E-state index in [1.165, 1.54) is 12.1 Å². The molecular formula is C24H21FN4O2. The van der Waals surface area contributed by atoms with E-state index < -0.39 is 0 Å². The summed E-state index contributed by atoms with van der Waals surface area (Å²) in [7, 11) is 0. The van der Waals surface area contributed by atoms with Crippen molar-refractivity contribution in [3.05, 3.63) is 107 Å². The van der Waals surface area contributed by atoms with Crippen LogP contribution in [0.2, 0.25) is 0 Å². The lowest BCUT2D eigenvalue weighted by Crippen LogP contribution is -2.14. The Morgan fingerprint density at radius 2 is 1.68 bits per heavy atom. The van der Waals surface area contributed by atoms with Gasteiger partial charge in [0.15, 0.2) is 5.69 Å². The molecule has 0 saturated carbocycles. The lowest BCUT2D eigenvalue weighted by Gasteiger charge is -2.08. The monoisotopic (exact) mass is 416 g/mol. The van der Waals surface area contributed by atoms with Gasteiger partial charge in [-0.05, 0) is 54.4 Å². The molecule has 0 radical (unpaired) electrons. The van der Waals surface area contributed by atoms with Crippen LogP contribution in [0.1, 0.15) is 27.3 Å². The molecule has 4 rings (SSSR count). The summed E-state index contributed by atoms with van der Waals surface area (Å²) in [6.07, 6.45) is 0. The maximum absolute atomic E-state index is 13.1. The third kappa shape index (κ3) is 5.14. The molecule has 0 spiro atoms. The molecule has 156 valence electrons. The molecule has 1 amide bonds. The van der Waals surface area contributed by atoms with Crippen LogP contribution in [-0.4, -0.2) is 20.9 Å². The van der Waals surface area contributed by atoms with Crippen molar-refractivity contribution in [2.45, 2.75) is 20.1 Å². The van der Waals surface area contributed by atoms with Gasteiger partial charge in [-0.2, -0.15) is 0 Å². The van der Waals surface area contributed by atoms with Gasteiger partial charge >= 0.3 is 0 Å². The molecule has 6 nitrogen and oxygen atoms in total. The van der Waals surface area contributed by atoms with Crippen LogP contribution in [0, 0.1) is 12.7 Å². The van der Waals surface area contributed by atoms with E-state index >= 15 is 0 Å². The minimum atomic E-state index is -0.346. The Hall–Kier alpha value is -4.00. The number of nitrogens with one attached hydrogen (secondary N) is 1. The molecule has 0 aliphatic heterocycles. The van der Waals surface area contributed by atoms with Crippen molar-refractivity contribution in [1.29, 1.82) is 0 Å². The number of hydrogen-bond donors (Lipinski definition) is 1. The molecule has 1 N–H and O–H groups in total. The normalized spacial score (nSPS) is 10.6. The first kappa shape index (κ1) is 20.3. The summed E-state index contributed by atoms with van der Waals surface area (Å²) >= 11 is 0. The number of nitrogens with zero attached hydrogens (tertiary/aromatic N) is 3. The van der Waals surface area contributed by atoms with E-state index in [1.54, 1.807) is 48.0 Å². The molecule has 0 bridgehead atoms. The molecule has 4 aromatic rings. The number of carbonyl (C=O) groups excluding carboxylic acids is 1. The van der Waals surface area contributed by atoms with Crippen molar-refractivity contribution in [2.75, 3.05) is 5.32 Å². The molecule has 7 heteroatoms. The summed E-state index contributed by atoms with van der Waals surface area (Å²) in [5.74, 6) is 0.0692. The first-order chi connectivity index (χ1) is 15.1. The van der Waals surface area contributed by atoms with Gasteiger partial charge in [-0.25, -0.2) is 9.07 Å². The van der Waals surface area contributed by atoms with Crippen LogP contribution in [0.3, 0.4) is 0 Å². The quantitative estimate of drug-likeness (QED) is 0.478. The Kier molecular flexibility index (Phi) is 6.03. The van der Waals surface area contributed by atoms with E-state index in [2.05, 4.69) is 15.6 Å². The van der Waals surface area contributed by atoms with E-state index in [-0.39, 0.29) is 17.4 Å². The maximum atomic E-state index is 13.1. The maximum Gasteiger partial charge on any atom is 0.278 e. The minimum absolute atomic E-state index is 0.242. The second kappa shape index (κ2) is 9.21. The van der Waals surface area contributed by atoms with Gasteiger partial charge in [-0.15, -0.1) is 5.10 Å². The summed E-state index contributed by atoms with van der Waals surface area (Å²) < 4.78 is 20.4. The summed E-state index contributed by atoms with van der Waals surface area (Å²) in [4.78, 5) is 12.6. The molecular weight excluding hydrogens is 395 g/mol. The van der Waals surface area contributed by atoms with Crippen LogP contribution in [0.4, 0.5) is 10.1 Å². The number of anilines is 1. The topological polar surface area (TPSA) is 69.0 Å². The van der Waals surface area contributed by atoms with Crippen LogP contribution >= 0.6 is 0 Å². The van der Waals surface area contributed by atoms with Gasteiger partial charge in [-0.3, -0.25) is 4.79 Å². The second-order valence-corrected chi connectivity index (χ2v) is 7.06. The fourth-order valence-electron chi connectivity index (χ4n) is 3.05. The third-order valence-electron chi connectivity index (χ3n) is 4.80. The number of benzene rings is 3. The molecule has 1 heterocycles. The SMILES string of the molecule is Cc1c(C(=O)Nc2ccc(OCc3ccccc3)cc2)nnn1Cc1ccc(F)cc1.